The Hall–Kier alpha value is -2.77. The molecule has 0 atom stereocenters. The van der Waals surface area contributed by atoms with E-state index in [9.17, 15) is 9.59 Å². The van der Waals surface area contributed by atoms with Crippen molar-refractivity contribution in [3.63, 3.8) is 0 Å². The van der Waals surface area contributed by atoms with Crippen LogP contribution in [0.2, 0.25) is 0 Å². The van der Waals surface area contributed by atoms with Gasteiger partial charge in [-0.25, -0.2) is 14.5 Å². The first-order valence-electron chi connectivity index (χ1n) is 4.99. The van der Waals surface area contributed by atoms with Crippen molar-refractivity contribution in [3.05, 3.63) is 36.3 Å². The van der Waals surface area contributed by atoms with E-state index < -0.39 is 5.97 Å². The van der Waals surface area contributed by atoms with Gasteiger partial charge >= 0.3 is 5.97 Å². The summed E-state index contributed by atoms with van der Waals surface area (Å²) in [5, 5.41) is 18.1. The van der Waals surface area contributed by atoms with E-state index in [1.54, 1.807) is 24.4 Å². The van der Waals surface area contributed by atoms with Crippen molar-refractivity contribution in [2.75, 3.05) is 5.32 Å². The highest BCUT2D eigenvalue weighted by atomic mass is 16.4. The summed E-state index contributed by atoms with van der Waals surface area (Å²) in [5.74, 6) is -1.14. The van der Waals surface area contributed by atoms with Gasteiger partial charge < -0.3 is 10.4 Å². The minimum absolute atomic E-state index is 0.128. The third-order valence-corrected chi connectivity index (χ3v) is 2.00. The number of hydrogen-bond donors (Lipinski definition) is 2. The standard InChI is InChI=1S/C10H9N5O3/c16-9(12-8-3-1-2-4-11-8)6-15-5-7(10(17)18)13-14-15/h1-5H,6H2,(H,17,18)(H,11,12,16). The van der Waals surface area contributed by atoms with Crippen LogP contribution in [0, 0.1) is 0 Å². The Kier molecular flexibility index (Phi) is 3.28. The summed E-state index contributed by atoms with van der Waals surface area (Å²) in [6.45, 7) is -0.128. The van der Waals surface area contributed by atoms with Crippen molar-refractivity contribution in [1.29, 1.82) is 0 Å². The Balaban J connectivity index is 1.97. The first kappa shape index (κ1) is 11.7. The lowest BCUT2D eigenvalue weighted by Gasteiger charge is -2.02. The number of amides is 1. The number of rotatable bonds is 4. The van der Waals surface area contributed by atoms with Crippen LogP contribution in [0.5, 0.6) is 0 Å². The second-order valence-electron chi connectivity index (χ2n) is 3.37. The van der Waals surface area contributed by atoms with Crippen LogP contribution in [0.25, 0.3) is 0 Å². The first-order chi connectivity index (χ1) is 8.65. The van der Waals surface area contributed by atoms with Crippen molar-refractivity contribution in [2.24, 2.45) is 0 Å². The lowest BCUT2D eigenvalue weighted by atomic mass is 10.4. The molecular formula is C10H9N5O3. The van der Waals surface area contributed by atoms with Crippen molar-refractivity contribution in [2.45, 2.75) is 6.54 Å². The largest absolute Gasteiger partial charge is 0.476 e. The van der Waals surface area contributed by atoms with Crippen LogP contribution < -0.4 is 5.32 Å². The maximum Gasteiger partial charge on any atom is 0.358 e. The Bertz CT molecular complexity index is 566. The summed E-state index contributed by atoms with van der Waals surface area (Å²) < 4.78 is 1.14. The van der Waals surface area contributed by atoms with Crippen molar-refractivity contribution in [1.82, 2.24) is 20.0 Å². The summed E-state index contributed by atoms with van der Waals surface area (Å²) in [6, 6.07) is 5.11. The van der Waals surface area contributed by atoms with Crippen LogP contribution >= 0.6 is 0 Å². The molecule has 0 unspecified atom stereocenters. The Morgan fingerprint density at radius 2 is 2.22 bits per heavy atom. The molecule has 2 aromatic heterocycles. The van der Waals surface area contributed by atoms with Crippen molar-refractivity contribution >= 4 is 17.7 Å². The summed E-state index contributed by atoms with van der Waals surface area (Å²) in [4.78, 5) is 26.1. The maximum absolute atomic E-state index is 11.6. The van der Waals surface area contributed by atoms with Gasteiger partial charge in [-0.15, -0.1) is 5.10 Å². The van der Waals surface area contributed by atoms with Gasteiger partial charge in [-0.3, -0.25) is 4.79 Å². The van der Waals surface area contributed by atoms with E-state index in [4.69, 9.17) is 5.11 Å². The molecule has 0 bridgehead atoms. The van der Waals surface area contributed by atoms with Crippen LogP contribution in [0.15, 0.2) is 30.6 Å². The number of nitrogens with zero attached hydrogens (tertiary/aromatic N) is 4. The number of pyridine rings is 1. The van der Waals surface area contributed by atoms with Crippen LogP contribution in [-0.2, 0) is 11.3 Å². The number of aromatic nitrogens is 4. The molecule has 0 saturated carbocycles. The molecule has 2 heterocycles. The van der Waals surface area contributed by atoms with Gasteiger partial charge in [0.15, 0.2) is 5.69 Å². The molecule has 0 radical (unpaired) electrons. The van der Waals surface area contributed by atoms with Crippen molar-refractivity contribution in [3.8, 4) is 0 Å². The topological polar surface area (TPSA) is 110 Å². The average Bonchev–Trinajstić information content (AvgIpc) is 2.78. The quantitative estimate of drug-likeness (QED) is 0.787. The molecule has 1 amide bonds. The second-order valence-corrected chi connectivity index (χ2v) is 3.37. The highest BCUT2D eigenvalue weighted by molar-refractivity contribution is 5.89. The number of nitrogens with one attached hydrogen (secondary N) is 1. The van der Waals surface area contributed by atoms with Crippen LogP contribution in [0.4, 0.5) is 5.82 Å². The summed E-state index contributed by atoms with van der Waals surface area (Å²) >= 11 is 0. The van der Waals surface area contributed by atoms with Gasteiger partial charge in [0, 0.05) is 6.20 Å². The lowest BCUT2D eigenvalue weighted by Crippen LogP contribution is -2.19. The zero-order valence-corrected chi connectivity index (χ0v) is 9.15. The van der Waals surface area contributed by atoms with Crippen LogP contribution in [-0.4, -0.2) is 37.0 Å². The number of hydrogen-bond acceptors (Lipinski definition) is 5. The molecule has 92 valence electrons. The number of anilines is 1. The third-order valence-electron chi connectivity index (χ3n) is 2.00. The van der Waals surface area contributed by atoms with E-state index in [-0.39, 0.29) is 18.1 Å². The molecule has 0 aliphatic rings. The van der Waals surface area contributed by atoms with Crippen molar-refractivity contribution < 1.29 is 14.7 Å². The second kappa shape index (κ2) is 5.04. The van der Waals surface area contributed by atoms with E-state index in [0.717, 1.165) is 4.68 Å². The molecule has 8 nitrogen and oxygen atoms in total. The lowest BCUT2D eigenvalue weighted by molar-refractivity contribution is -0.117. The normalized spacial score (nSPS) is 10.0. The maximum atomic E-state index is 11.6. The molecule has 2 rings (SSSR count). The Morgan fingerprint density at radius 3 is 2.83 bits per heavy atom. The highest BCUT2D eigenvalue weighted by Gasteiger charge is 2.10. The van der Waals surface area contributed by atoms with Gasteiger partial charge in [-0.05, 0) is 12.1 Å². The third kappa shape index (κ3) is 2.88. The summed E-state index contributed by atoms with van der Waals surface area (Å²) in [5.41, 5.74) is -0.208. The average molecular weight is 247 g/mol. The van der Waals surface area contributed by atoms with Gasteiger partial charge in [0.05, 0.1) is 6.20 Å². The summed E-state index contributed by atoms with van der Waals surface area (Å²) in [7, 11) is 0. The fraction of sp³-hybridized carbons (Fsp3) is 0.100. The Morgan fingerprint density at radius 1 is 1.39 bits per heavy atom. The fourth-order valence-electron chi connectivity index (χ4n) is 1.24. The molecular weight excluding hydrogens is 238 g/mol. The first-order valence-corrected chi connectivity index (χ1v) is 4.99. The van der Waals surface area contributed by atoms with Gasteiger partial charge in [-0.1, -0.05) is 11.3 Å². The minimum Gasteiger partial charge on any atom is -0.476 e. The number of aromatic carboxylic acids is 1. The molecule has 0 aliphatic carbocycles. The molecule has 0 aliphatic heterocycles. The van der Waals surface area contributed by atoms with E-state index in [2.05, 4.69) is 20.6 Å². The molecule has 18 heavy (non-hydrogen) atoms. The SMILES string of the molecule is O=C(Cn1cc(C(=O)O)nn1)Nc1ccccn1. The minimum atomic E-state index is -1.19. The number of carboxylic acid groups (broad SMARTS) is 1. The fourth-order valence-corrected chi connectivity index (χ4v) is 1.24. The van der Waals surface area contributed by atoms with E-state index in [1.165, 1.54) is 6.20 Å². The Labute approximate surface area is 101 Å². The monoisotopic (exact) mass is 247 g/mol. The molecule has 2 N–H and O–H groups in total. The molecule has 0 fully saturated rings. The van der Waals surface area contributed by atoms with Gasteiger partial charge in [0.1, 0.15) is 12.4 Å². The number of carboxylic acids is 1. The predicted molar refractivity (Wildman–Crippen MR) is 59.8 cm³/mol. The van der Waals surface area contributed by atoms with Crippen LogP contribution in [0.3, 0.4) is 0 Å². The summed E-state index contributed by atoms with van der Waals surface area (Å²) in [6.07, 6.45) is 2.73. The van der Waals surface area contributed by atoms with E-state index in [1.807, 2.05) is 0 Å². The predicted octanol–water partition coefficient (Wildman–Crippen LogP) is 0.01000. The van der Waals surface area contributed by atoms with Gasteiger partial charge in [0.25, 0.3) is 0 Å². The molecule has 0 spiro atoms. The van der Waals surface area contributed by atoms with Gasteiger partial charge in [-0.2, -0.15) is 0 Å². The van der Waals surface area contributed by atoms with Gasteiger partial charge in [0.2, 0.25) is 5.91 Å². The number of carbonyl (C=O) groups excluding carboxylic acids is 1. The zero-order chi connectivity index (χ0) is 13.0. The molecule has 0 saturated heterocycles. The molecule has 8 heteroatoms. The van der Waals surface area contributed by atoms with E-state index in [0.29, 0.717) is 5.82 Å². The smallest absolute Gasteiger partial charge is 0.358 e. The molecule has 2 aromatic rings. The van der Waals surface area contributed by atoms with Crippen LogP contribution in [0.1, 0.15) is 10.5 Å². The number of carbonyl (C=O) groups is 2. The highest BCUT2D eigenvalue weighted by Crippen LogP contribution is 2.00. The molecule has 0 aromatic carbocycles. The zero-order valence-electron chi connectivity index (χ0n) is 9.15. The van der Waals surface area contributed by atoms with E-state index >= 15 is 0 Å².